The van der Waals surface area contributed by atoms with Crippen molar-refractivity contribution in [2.45, 2.75) is 31.4 Å². The quantitative estimate of drug-likeness (QED) is 0.849. The fraction of sp³-hybridized carbons (Fsp3) is 0.571. The Morgan fingerprint density at radius 2 is 2.06 bits per heavy atom. The molecule has 2 fully saturated rings. The molecule has 3 atom stereocenters. The number of hydrogen-bond donors (Lipinski definition) is 1. The van der Waals surface area contributed by atoms with Crippen LogP contribution in [0.25, 0.3) is 0 Å². The largest absolute Gasteiger partial charge is 0.396 e. The molecule has 0 radical (unpaired) electrons. The van der Waals surface area contributed by atoms with Crippen LogP contribution < -0.4 is 0 Å². The first-order valence-electron chi connectivity index (χ1n) is 6.46. The Labute approximate surface area is 102 Å². The average molecular weight is 233 g/mol. The van der Waals surface area contributed by atoms with Gasteiger partial charge in [-0.1, -0.05) is 30.3 Å². The highest BCUT2D eigenvalue weighted by Gasteiger charge is 2.38. The molecule has 92 valence electrons. The molecule has 2 saturated heterocycles. The van der Waals surface area contributed by atoms with Crippen molar-refractivity contribution < 1.29 is 9.94 Å². The van der Waals surface area contributed by atoms with Crippen LogP contribution in [0, 0.1) is 5.92 Å². The van der Waals surface area contributed by atoms with E-state index in [0.717, 1.165) is 25.8 Å². The van der Waals surface area contributed by atoms with Crippen LogP contribution in [0.15, 0.2) is 30.3 Å². The molecule has 0 amide bonds. The van der Waals surface area contributed by atoms with Gasteiger partial charge in [0, 0.05) is 19.2 Å². The van der Waals surface area contributed by atoms with E-state index in [1.807, 2.05) is 6.07 Å². The number of rotatable bonds is 2. The zero-order valence-corrected chi connectivity index (χ0v) is 9.96. The molecule has 2 heterocycles. The summed E-state index contributed by atoms with van der Waals surface area (Å²) in [7, 11) is 0. The molecule has 1 N–H and O–H groups in total. The van der Waals surface area contributed by atoms with Crippen molar-refractivity contribution in [2.24, 2.45) is 5.92 Å². The van der Waals surface area contributed by atoms with E-state index in [9.17, 15) is 5.11 Å². The number of aliphatic hydroxyl groups excluding tert-OH is 1. The number of benzene rings is 1. The highest BCUT2D eigenvalue weighted by atomic mass is 16.7. The van der Waals surface area contributed by atoms with Gasteiger partial charge in [-0.2, -0.15) is 5.06 Å². The van der Waals surface area contributed by atoms with Gasteiger partial charge in [0.15, 0.2) is 0 Å². The van der Waals surface area contributed by atoms with Gasteiger partial charge in [0.1, 0.15) is 6.10 Å². The smallest absolute Gasteiger partial charge is 0.106 e. The molecule has 1 aromatic carbocycles. The first-order chi connectivity index (χ1) is 8.36. The molecule has 2 aliphatic rings. The lowest BCUT2D eigenvalue weighted by Crippen LogP contribution is -2.38. The van der Waals surface area contributed by atoms with Gasteiger partial charge in [0.05, 0.1) is 0 Å². The van der Waals surface area contributed by atoms with Crippen LogP contribution in [-0.2, 0) is 4.84 Å². The van der Waals surface area contributed by atoms with Gasteiger partial charge in [-0.15, -0.1) is 0 Å². The van der Waals surface area contributed by atoms with E-state index >= 15 is 0 Å². The average Bonchev–Trinajstić information content (AvgIpc) is 2.82. The maximum absolute atomic E-state index is 9.23. The Hall–Kier alpha value is -0.900. The van der Waals surface area contributed by atoms with E-state index in [1.54, 1.807) is 0 Å². The van der Waals surface area contributed by atoms with Crippen LogP contribution in [0.2, 0.25) is 0 Å². The number of nitrogens with zero attached hydrogens (tertiary/aromatic N) is 1. The van der Waals surface area contributed by atoms with E-state index < -0.39 is 0 Å². The second-order valence-corrected chi connectivity index (χ2v) is 5.11. The summed E-state index contributed by atoms with van der Waals surface area (Å²) in [5.74, 6) is 0.467. The van der Waals surface area contributed by atoms with Gasteiger partial charge < -0.3 is 5.11 Å². The molecule has 0 unspecified atom stereocenters. The third-order valence-corrected chi connectivity index (χ3v) is 3.95. The molecule has 0 saturated carbocycles. The van der Waals surface area contributed by atoms with E-state index in [-0.39, 0.29) is 6.10 Å². The third kappa shape index (κ3) is 2.23. The highest BCUT2D eigenvalue weighted by molar-refractivity contribution is 5.18. The van der Waals surface area contributed by atoms with Crippen molar-refractivity contribution in [2.75, 3.05) is 13.2 Å². The summed E-state index contributed by atoms with van der Waals surface area (Å²) in [6.07, 6.45) is 3.38. The molecule has 0 aliphatic carbocycles. The highest BCUT2D eigenvalue weighted by Crippen LogP contribution is 2.38. The number of hydroxylamine groups is 2. The maximum atomic E-state index is 9.23. The third-order valence-electron chi connectivity index (χ3n) is 3.95. The van der Waals surface area contributed by atoms with Crippen LogP contribution in [0.1, 0.15) is 30.9 Å². The Bertz CT molecular complexity index is 368. The minimum atomic E-state index is 0.207. The Balaban J connectivity index is 1.69. The lowest BCUT2D eigenvalue weighted by molar-refractivity contribution is -0.179. The number of aliphatic hydroxyl groups is 1. The zero-order valence-electron chi connectivity index (χ0n) is 9.96. The molecule has 0 bridgehead atoms. The fourth-order valence-electron chi connectivity index (χ4n) is 2.95. The molecule has 0 spiro atoms. The molecule has 0 aromatic heterocycles. The molecule has 3 rings (SSSR count). The van der Waals surface area contributed by atoms with E-state index in [0.29, 0.717) is 18.6 Å². The second kappa shape index (κ2) is 4.77. The van der Waals surface area contributed by atoms with E-state index in [1.165, 1.54) is 5.56 Å². The van der Waals surface area contributed by atoms with Crippen molar-refractivity contribution >= 4 is 0 Å². The summed E-state index contributed by atoms with van der Waals surface area (Å²) in [5.41, 5.74) is 1.27. The molecule has 3 nitrogen and oxygen atoms in total. The molecular weight excluding hydrogens is 214 g/mol. The van der Waals surface area contributed by atoms with Gasteiger partial charge in [0.25, 0.3) is 0 Å². The molecule has 1 aromatic rings. The van der Waals surface area contributed by atoms with Crippen molar-refractivity contribution in [1.82, 2.24) is 5.06 Å². The number of fused-ring (bicyclic) bond motifs is 1. The normalized spacial score (nSPS) is 33.6. The number of hydrogen-bond acceptors (Lipinski definition) is 3. The molecular formula is C14H19NO2. The summed E-state index contributed by atoms with van der Waals surface area (Å²) in [6.45, 7) is 1.28. The zero-order chi connectivity index (χ0) is 11.7. The van der Waals surface area contributed by atoms with Crippen molar-refractivity contribution in [3.63, 3.8) is 0 Å². The standard InChI is InChI=1S/C14H19NO2/c16-10-11-6-7-15-13(8-11)9-14(17-15)12-4-2-1-3-5-12/h1-5,11,13-14,16H,6-10H2/t11-,13-,14+/m1/s1. The van der Waals surface area contributed by atoms with E-state index in [4.69, 9.17) is 4.84 Å². The van der Waals surface area contributed by atoms with Crippen LogP contribution in [-0.4, -0.2) is 29.4 Å². The monoisotopic (exact) mass is 233 g/mol. The van der Waals surface area contributed by atoms with Gasteiger partial charge in [-0.3, -0.25) is 4.84 Å². The molecule has 3 heteroatoms. The van der Waals surface area contributed by atoms with Crippen LogP contribution >= 0.6 is 0 Å². The summed E-state index contributed by atoms with van der Waals surface area (Å²) >= 11 is 0. The summed E-state index contributed by atoms with van der Waals surface area (Å²) in [4.78, 5) is 6.00. The summed E-state index contributed by atoms with van der Waals surface area (Å²) in [6, 6.07) is 10.9. The first kappa shape index (κ1) is 11.2. The maximum Gasteiger partial charge on any atom is 0.106 e. The predicted octanol–water partition coefficient (Wildman–Crippen LogP) is 2.14. The van der Waals surface area contributed by atoms with Crippen LogP contribution in [0.4, 0.5) is 0 Å². The van der Waals surface area contributed by atoms with Crippen LogP contribution in [0.5, 0.6) is 0 Å². The van der Waals surface area contributed by atoms with Crippen molar-refractivity contribution in [3.05, 3.63) is 35.9 Å². The second-order valence-electron chi connectivity index (χ2n) is 5.11. The summed E-state index contributed by atoms with van der Waals surface area (Å²) < 4.78 is 0. The molecule has 2 aliphatic heterocycles. The molecule has 17 heavy (non-hydrogen) atoms. The summed E-state index contributed by atoms with van der Waals surface area (Å²) in [5, 5.41) is 11.4. The Morgan fingerprint density at radius 1 is 1.24 bits per heavy atom. The number of piperidine rings is 1. The Morgan fingerprint density at radius 3 is 2.82 bits per heavy atom. The van der Waals surface area contributed by atoms with Gasteiger partial charge in [-0.05, 0) is 30.7 Å². The lowest BCUT2D eigenvalue weighted by atomic mass is 9.90. The minimum Gasteiger partial charge on any atom is -0.396 e. The lowest BCUT2D eigenvalue weighted by Gasteiger charge is -2.31. The Kier molecular flexibility index (Phi) is 3.14. The fourth-order valence-corrected chi connectivity index (χ4v) is 2.95. The van der Waals surface area contributed by atoms with Crippen molar-refractivity contribution in [3.8, 4) is 0 Å². The van der Waals surface area contributed by atoms with Gasteiger partial charge >= 0.3 is 0 Å². The van der Waals surface area contributed by atoms with E-state index in [2.05, 4.69) is 29.3 Å². The topological polar surface area (TPSA) is 32.7 Å². The predicted molar refractivity (Wildman–Crippen MR) is 65.2 cm³/mol. The minimum absolute atomic E-state index is 0.207. The van der Waals surface area contributed by atoms with Gasteiger partial charge in [0.2, 0.25) is 0 Å². The first-order valence-corrected chi connectivity index (χ1v) is 6.46. The van der Waals surface area contributed by atoms with Gasteiger partial charge in [-0.25, -0.2) is 0 Å². The van der Waals surface area contributed by atoms with Crippen LogP contribution in [0.3, 0.4) is 0 Å². The van der Waals surface area contributed by atoms with Crippen molar-refractivity contribution in [1.29, 1.82) is 0 Å². The SMILES string of the molecule is OC[C@@H]1CCN2O[C@H](c3ccccc3)C[C@H]2C1.